The maximum atomic E-state index is 9.97. The van der Waals surface area contributed by atoms with E-state index in [-0.39, 0.29) is 6.61 Å². The highest BCUT2D eigenvalue weighted by Crippen LogP contribution is 2.26. The van der Waals surface area contributed by atoms with Crippen LogP contribution in [0, 0.1) is 6.92 Å². The summed E-state index contributed by atoms with van der Waals surface area (Å²) < 4.78 is 0.954. The number of hydrogen-bond acceptors (Lipinski definition) is 3. The van der Waals surface area contributed by atoms with E-state index in [2.05, 4.69) is 15.9 Å². The molecule has 1 aromatic rings. The lowest BCUT2D eigenvalue weighted by molar-refractivity contribution is 0.128. The smallest absolute Gasteiger partial charge is 0.0944 e. The van der Waals surface area contributed by atoms with Crippen molar-refractivity contribution in [3.8, 4) is 0 Å². The fourth-order valence-corrected chi connectivity index (χ4v) is 1.86. The van der Waals surface area contributed by atoms with Crippen LogP contribution in [0.5, 0.6) is 0 Å². The summed E-state index contributed by atoms with van der Waals surface area (Å²) in [6.45, 7) is 1.92. The van der Waals surface area contributed by atoms with Gasteiger partial charge in [-0.1, -0.05) is 28.1 Å². The average Bonchev–Trinajstić information content (AvgIpc) is 2.21. The van der Waals surface area contributed by atoms with Crippen LogP contribution in [0.4, 0.5) is 0 Å². The summed E-state index contributed by atoms with van der Waals surface area (Å²) in [5.74, 6) is 0. The maximum Gasteiger partial charge on any atom is 0.0944 e. The Labute approximate surface area is 98.1 Å². The Kier molecular flexibility index (Phi) is 4.73. The number of benzene rings is 1. The third kappa shape index (κ3) is 3.01. The van der Waals surface area contributed by atoms with E-state index in [9.17, 15) is 5.11 Å². The molecule has 0 aliphatic heterocycles. The molecule has 84 valence electrons. The van der Waals surface area contributed by atoms with Crippen LogP contribution in [0.15, 0.2) is 22.7 Å². The normalized spacial score (nSPS) is 15.0. The number of aliphatic hydroxyl groups is 2. The maximum absolute atomic E-state index is 9.97. The standard InChI is InChI=1S/C11H16BrNO2/c1-7-8(3-2-4-9(7)12)11(15)10(13)5-6-14/h2-4,10-11,14-15H,5-6,13H2,1H3. The second-order valence-electron chi connectivity index (χ2n) is 3.58. The number of hydrogen-bond donors (Lipinski definition) is 3. The fraction of sp³-hybridized carbons (Fsp3) is 0.455. The quantitative estimate of drug-likeness (QED) is 0.779. The van der Waals surface area contributed by atoms with Gasteiger partial charge in [-0.3, -0.25) is 0 Å². The van der Waals surface area contributed by atoms with Crippen molar-refractivity contribution in [2.45, 2.75) is 25.5 Å². The van der Waals surface area contributed by atoms with Gasteiger partial charge >= 0.3 is 0 Å². The summed E-state index contributed by atoms with van der Waals surface area (Å²) in [6, 6.07) is 5.20. The van der Waals surface area contributed by atoms with Crippen LogP contribution in [0.3, 0.4) is 0 Å². The summed E-state index contributed by atoms with van der Waals surface area (Å²) in [4.78, 5) is 0. The van der Waals surface area contributed by atoms with Crippen molar-refractivity contribution in [1.82, 2.24) is 0 Å². The molecule has 2 atom stereocenters. The minimum absolute atomic E-state index is 0.00865. The molecule has 0 aliphatic rings. The van der Waals surface area contributed by atoms with E-state index in [0.29, 0.717) is 6.42 Å². The largest absolute Gasteiger partial charge is 0.396 e. The van der Waals surface area contributed by atoms with Gasteiger partial charge in [0.05, 0.1) is 6.10 Å². The zero-order valence-corrected chi connectivity index (χ0v) is 10.2. The van der Waals surface area contributed by atoms with Crippen molar-refractivity contribution >= 4 is 15.9 Å². The Morgan fingerprint density at radius 2 is 2.13 bits per heavy atom. The third-order valence-corrected chi connectivity index (χ3v) is 3.36. The molecular formula is C11H16BrNO2. The van der Waals surface area contributed by atoms with Crippen molar-refractivity contribution in [2.24, 2.45) is 5.73 Å². The molecule has 1 aromatic carbocycles. The Bertz CT molecular complexity index is 330. The number of nitrogens with two attached hydrogens (primary N) is 1. The van der Waals surface area contributed by atoms with E-state index in [1.54, 1.807) is 0 Å². The first-order valence-corrected chi connectivity index (χ1v) is 5.66. The summed E-state index contributed by atoms with van der Waals surface area (Å²) in [6.07, 6.45) is -0.331. The van der Waals surface area contributed by atoms with E-state index in [4.69, 9.17) is 10.8 Å². The van der Waals surface area contributed by atoms with Crippen LogP contribution in [0.25, 0.3) is 0 Å². The molecule has 0 radical (unpaired) electrons. The summed E-state index contributed by atoms with van der Waals surface area (Å²) in [7, 11) is 0. The van der Waals surface area contributed by atoms with Gasteiger partial charge in [0.15, 0.2) is 0 Å². The summed E-state index contributed by atoms with van der Waals surface area (Å²) in [5, 5.41) is 18.7. The predicted molar refractivity (Wildman–Crippen MR) is 63.5 cm³/mol. The first-order valence-electron chi connectivity index (χ1n) is 4.87. The van der Waals surface area contributed by atoms with E-state index < -0.39 is 12.1 Å². The van der Waals surface area contributed by atoms with Crippen molar-refractivity contribution < 1.29 is 10.2 Å². The van der Waals surface area contributed by atoms with Gasteiger partial charge in [0.2, 0.25) is 0 Å². The average molecular weight is 274 g/mol. The van der Waals surface area contributed by atoms with Gasteiger partial charge in [-0.05, 0) is 30.5 Å². The minimum atomic E-state index is -0.727. The van der Waals surface area contributed by atoms with Crippen molar-refractivity contribution in [2.75, 3.05) is 6.61 Å². The molecule has 4 heteroatoms. The van der Waals surface area contributed by atoms with Gasteiger partial charge in [-0.25, -0.2) is 0 Å². The molecule has 2 unspecified atom stereocenters. The molecule has 1 rings (SSSR count). The molecule has 0 heterocycles. The fourth-order valence-electron chi connectivity index (χ4n) is 1.48. The van der Waals surface area contributed by atoms with Crippen LogP contribution >= 0.6 is 15.9 Å². The molecule has 0 amide bonds. The van der Waals surface area contributed by atoms with Gasteiger partial charge < -0.3 is 15.9 Å². The molecule has 0 saturated carbocycles. The number of halogens is 1. The topological polar surface area (TPSA) is 66.5 Å². The predicted octanol–water partition coefficient (Wildman–Crippen LogP) is 1.50. The van der Waals surface area contributed by atoms with E-state index in [1.165, 1.54) is 0 Å². The lowest BCUT2D eigenvalue weighted by Gasteiger charge is -2.20. The van der Waals surface area contributed by atoms with Crippen LogP contribution in [-0.2, 0) is 0 Å². The van der Waals surface area contributed by atoms with Gasteiger partial charge in [0, 0.05) is 17.1 Å². The lowest BCUT2D eigenvalue weighted by atomic mass is 9.97. The van der Waals surface area contributed by atoms with Crippen LogP contribution in [-0.4, -0.2) is 22.9 Å². The molecule has 0 fully saturated rings. The Balaban J connectivity index is 2.90. The van der Waals surface area contributed by atoms with E-state index in [0.717, 1.165) is 15.6 Å². The van der Waals surface area contributed by atoms with Gasteiger partial charge in [0.25, 0.3) is 0 Å². The zero-order chi connectivity index (χ0) is 11.4. The molecule has 0 spiro atoms. The molecule has 3 nitrogen and oxygen atoms in total. The molecule has 0 bridgehead atoms. The highest BCUT2D eigenvalue weighted by atomic mass is 79.9. The van der Waals surface area contributed by atoms with Crippen LogP contribution in [0.2, 0.25) is 0 Å². The molecule has 15 heavy (non-hydrogen) atoms. The summed E-state index contributed by atoms with van der Waals surface area (Å²) >= 11 is 3.40. The van der Waals surface area contributed by atoms with Gasteiger partial charge in [-0.2, -0.15) is 0 Å². The van der Waals surface area contributed by atoms with E-state index >= 15 is 0 Å². The molecular weight excluding hydrogens is 258 g/mol. The Morgan fingerprint density at radius 1 is 1.47 bits per heavy atom. The SMILES string of the molecule is Cc1c(Br)cccc1C(O)C(N)CCO. The first-order chi connectivity index (χ1) is 7.07. The monoisotopic (exact) mass is 273 g/mol. The second-order valence-corrected chi connectivity index (χ2v) is 4.43. The molecule has 0 aliphatic carbocycles. The van der Waals surface area contributed by atoms with Crippen LogP contribution in [0.1, 0.15) is 23.7 Å². The van der Waals surface area contributed by atoms with Crippen LogP contribution < -0.4 is 5.73 Å². The van der Waals surface area contributed by atoms with Gasteiger partial charge in [0.1, 0.15) is 0 Å². The van der Waals surface area contributed by atoms with Crippen molar-refractivity contribution in [3.63, 3.8) is 0 Å². The number of aliphatic hydroxyl groups excluding tert-OH is 2. The summed E-state index contributed by atoms with van der Waals surface area (Å²) in [5.41, 5.74) is 7.55. The third-order valence-electron chi connectivity index (χ3n) is 2.50. The lowest BCUT2D eigenvalue weighted by Crippen LogP contribution is -2.29. The van der Waals surface area contributed by atoms with Gasteiger partial charge in [-0.15, -0.1) is 0 Å². The highest BCUT2D eigenvalue weighted by molar-refractivity contribution is 9.10. The number of rotatable bonds is 4. The Hall–Kier alpha value is -0.420. The molecule has 4 N–H and O–H groups in total. The second kappa shape index (κ2) is 5.61. The zero-order valence-electron chi connectivity index (χ0n) is 8.65. The molecule has 0 aromatic heterocycles. The van der Waals surface area contributed by atoms with Crippen molar-refractivity contribution in [1.29, 1.82) is 0 Å². The minimum Gasteiger partial charge on any atom is -0.396 e. The first kappa shape index (κ1) is 12.6. The van der Waals surface area contributed by atoms with Crippen molar-refractivity contribution in [3.05, 3.63) is 33.8 Å². The molecule has 0 saturated heterocycles. The highest BCUT2D eigenvalue weighted by Gasteiger charge is 2.18. The van der Waals surface area contributed by atoms with E-state index in [1.807, 2.05) is 25.1 Å². The Morgan fingerprint density at radius 3 is 2.73 bits per heavy atom.